The molecule has 0 spiro atoms. The Kier molecular flexibility index (Phi) is 7.51. The van der Waals surface area contributed by atoms with Crippen LogP contribution in [0.25, 0.3) is 6.08 Å². The van der Waals surface area contributed by atoms with Crippen molar-refractivity contribution in [1.82, 2.24) is 20.0 Å². The number of benzene rings is 1. The monoisotopic (exact) mass is 574 g/mol. The Morgan fingerprint density at radius 1 is 1.05 bits per heavy atom. The van der Waals surface area contributed by atoms with Crippen LogP contribution < -0.4 is 26.0 Å². The fourth-order valence-electron chi connectivity index (χ4n) is 5.37. The Bertz CT molecular complexity index is 1510. The highest BCUT2D eigenvalue weighted by atomic mass is 19.1. The second-order valence-electron chi connectivity index (χ2n) is 10.00. The van der Waals surface area contributed by atoms with Gasteiger partial charge in [-0.05, 0) is 18.9 Å². The number of anilines is 2. The van der Waals surface area contributed by atoms with E-state index in [0.29, 0.717) is 24.1 Å². The minimum atomic E-state index is -1.26. The van der Waals surface area contributed by atoms with Gasteiger partial charge in [0, 0.05) is 43.5 Å². The molecule has 0 bridgehead atoms. The van der Waals surface area contributed by atoms with Crippen LogP contribution in [0.2, 0.25) is 0 Å². The number of ether oxygens (including phenoxy) is 1. The lowest BCUT2D eigenvalue weighted by atomic mass is 10.0. The molecule has 2 aromatic rings. The number of rotatable bonds is 7. The number of hydrogen-bond acceptors (Lipinski definition) is 7. The van der Waals surface area contributed by atoms with Crippen LogP contribution >= 0.6 is 0 Å². The lowest BCUT2D eigenvalue weighted by molar-refractivity contribution is -0.140. The van der Waals surface area contributed by atoms with Gasteiger partial charge in [0.1, 0.15) is 18.2 Å². The molecule has 13 nitrogen and oxygen atoms in total. The molecule has 5 rings (SSSR count). The van der Waals surface area contributed by atoms with E-state index in [1.807, 2.05) is 0 Å². The summed E-state index contributed by atoms with van der Waals surface area (Å²) in [5, 5.41) is 13.9. The van der Waals surface area contributed by atoms with E-state index in [1.165, 1.54) is 16.5 Å². The molecule has 2 aliphatic heterocycles. The van der Waals surface area contributed by atoms with E-state index in [1.54, 1.807) is 10.8 Å². The van der Waals surface area contributed by atoms with Crippen LogP contribution in [0.15, 0.2) is 22.6 Å². The maximum absolute atomic E-state index is 15.3. The van der Waals surface area contributed by atoms with E-state index >= 15 is 8.78 Å². The number of carbonyl (C=O) groups excluding carboxylic acids is 3. The molecule has 3 N–H and O–H groups in total. The largest absolute Gasteiger partial charge is 0.481 e. The minimum absolute atomic E-state index is 0.0107. The summed E-state index contributed by atoms with van der Waals surface area (Å²) in [5.41, 5.74) is 0.980. The van der Waals surface area contributed by atoms with E-state index in [9.17, 15) is 24.0 Å². The Hall–Kier alpha value is -4.69. The summed E-state index contributed by atoms with van der Waals surface area (Å²) >= 11 is 0. The first-order valence-electron chi connectivity index (χ1n) is 13.0. The van der Waals surface area contributed by atoms with Gasteiger partial charge in [-0.3, -0.25) is 28.8 Å². The van der Waals surface area contributed by atoms with E-state index in [-0.39, 0.29) is 62.1 Å². The summed E-state index contributed by atoms with van der Waals surface area (Å²) in [6, 6.07) is 2.12. The number of allylic oxidation sites excluding steroid dienone is 1. The number of cyclic esters (lactones) is 1. The fraction of sp³-hybridized carbons (Fsp3) is 0.423. The van der Waals surface area contributed by atoms with Gasteiger partial charge in [-0.15, -0.1) is 0 Å². The molecule has 1 aromatic carbocycles. The van der Waals surface area contributed by atoms with E-state index < -0.39 is 42.1 Å². The van der Waals surface area contributed by atoms with Crippen LogP contribution in [-0.4, -0.2) is 70.6 Å². The number of fused-ring (bicyclic) bond motifs is 3. The number of carboxylic acids is 1. The SMILES string of the molecule is CC(=O)NC[C@H]1CN(c2cc(F)c(N3CCn4c5c(c(=O)n4CC3)C=C(NC(=O)CC(=O)O)CC5)c(F)c2)C(=O)O1. The van der Waals surface area contributed by atoms with E-state index in [4.69, 9.17) is 9.84 Å². The second-order valence-corrected chi connectivity index (χ2v) is 10.00. The number of hydrogen-bond donors (Lipinski definition) is 3. The lowest BCUT2D eigenvalue weighted by Crippen LogP contribution is -2.33. The number of amides is 3. The molecule has 0 saturated carbocycles. The molecule has 3 heterocycles. The number of aromatic nitrogens is 2. The number of nitrogens with zero attached hydrogens (tertiary/aromatic N) is 4. The highest BCUT2D eigenvalue weighted by molar-refractivity contribution is 5.94. The standard InChI is InChI=1S/C26H28F2N6O7/c1-14(35)29-12-17-13-32(26(40)41-17)16-9-19(27)24(20(28)10-16)31-4-6-33-21-3-2-15(30-22(36)11-23(37)38)8-18(21)25(39)34(33)7-5-31/h8-10,17H,2-7,11-13H2,1H3,(H,29,35)(H,30,36)(H,37,38)/t17-/m0/s1. The van der Waals surface area contributed by atoms with Crippen molar-refractivity contribution >= 4 is 41.3 Å². The number of carbonyl (C=O) groups is 4. The molecule has 1 atom stereocenters. The van der Waals surface area contributed by atoms with Crippen molar-refractivity contribution in [1.29, 1.82) is 0 Å². The van der Waals surface area contributed by atoms with Gasteiger partial charge in [-0.2, -0.15) is 0 Å². The molecule has 0 radical (unpaired) electrons. The first-order chi connectivity index (χ1) is 19.5. The van der Waals surface area contributed by atoms with Gasteiger partial charge in [-0.1, -0.05) is 0 Å². The zero-order chi connectivity index (χ0) is 29.4. The molecule has 1 aromatic heterocycles. The summed E-state index contributed by atoms with van der Waals surface area (Å²) in [6.07, 6.45) is 0.248. The van der Waals surface area contributed by atoms with Crippen molar-refractivity contribution < 1.29 is 37.8 Å². The molecule has 218 valence electrons. The van der Waals surface area contributed by atoms with Crippen molar-refractivity contribution in [3.8, 4) is 0 Å². The average molecular weight is 575 g/mol. The Balaban J connectivity index is 1.31. The van der Waals surface area contributed by atoms with Gasteiger partial charge in [0.05, 0.1) is 37.4 Å². The van der Waals surface area contributed by atoms with Gasteiger partial charge >= 0.3 is 12.1 Å². The van der Waals surface area contributed by atoms with Crippen molar-refractivity contribution in [3.05, 3.63) is 51.1 Å². The van der Waals surface area contributed by atoms with Gasteiger partial charge in [0.2, 0.25) is 11.8 Å². The van der Waals surface area contributed by atoms with Crippen LogP contribution in [-0.2, 0) is 38.6 Å². The average Bonchev–Trinajstić information content (AvgIpc) is 3.29. The zero-order valence-electron chi connectivity index (χ0n) is 22.1. The number of halogens is 2. The number of aliphatic carboxylic acids is 1. The molecular formula is C26H28F2N6O7. The first-order valence-corrected chi connectivity index (χ1v) is 13.0. The molecule has 0 unspecified atom stereocenters. The molecule has 3 aliphatic rings. The Labute approximate surface area is 231 Å². The predicted octanol–water partition coefficient (Wildman–Crippen LogP) is 0.787. The highest BCUT2D eigenvalue weighted by Crippen LogP contribution is 2.32. The van der Waals surface area contributed by atoms with Crippen LogP contribution in [0.4, 0.5) is 25.0 Å². The number of carboxylic acid groups (broad SMARTS) is 1. The quantitative estimate of drug-likeness (QED) is 0.410. The van der Waals surface area contributed by atoms with Crippen molar-refractivity contribution in [3.63, 3.8) is 0 Å². The summed E-state index contributed by atoms with van der Waals surface area (Å²) in [7, 11) is 0. The predicted molar refractivity (Wildman–Crippen MR) is 140 cm³/mol. The third kappa shape index (κ3) is 5.64. The Morgan fingerprint density at radius 3 is 2.39 bits per heavy atom. The first kappa shape index (κ1) is 27.9. The van der Waals surface area contributed by atoms with Crippen molar-refractivity contribution in [2.24, 2.45) is 0 Å². The van der Waals surface area contributed by atoms with Gasteiger partial charge in [0.15, 0.2) is 11.6 Å². The molecule has 41 heavy (non-hydrogen) atoms. The van der Waals surface area contributed by atoms with Gasteiger partial charge in [0.25, 0.3) is 5.56 Å². The number of nitrogens with one attached hydrogen (secondary N) is 2. The second kappa shape index (κ2) is 11.1. The third-order valence-corrected chi connectivity index (χ3v) is 7.19. The lowest BCUT2D eigenvalue weighted by Gasteiger charge is -2.25. The van der Waals surface area contributed by atoms with E-state index in [0.717, 1.165) is 22.7 Å². The minimum Gasteiger partial charge on any atom is -0.481 e. The van der Waals surface area contributed by atoms with Crippen LogP contribution in [0.1, 0.15) is 31.0 Å². The van der Waals surface area contributed by atoms with Crippen LogP contribution in [0, 0.1) is 11.6 Å². The Morgan fingerprint density at radius 2 is 1.73 bits per heavy atom. The van der Waals surface area contributed by atoms with E-state index in [2.05, 4.69) is 10.6 Å². The topological polar surface area (TPSA) is 155 Å². The van der Waals surface area contributed by atoms with Crippen LogP contribution in [0.5, 0.6) is 0 Å². The normalized spacial score (nSPS) is 18.2. The molecule has 15 heteroatoms. The van der Waals surface area contributed by atoms with Crippen molar-refractivity contribution in [2.45, 2.75) is 45.4 Å². The molecule has 1 saturated heterocycles. The summed E-state index contributed by atoms with van der Waals surface area (Å²) in [4.78, 5) is 61.8. The molecular weight excluding hydrogens is 546 g/mol. The van der Waals surface area contributed by atoms with Crippen molar-refractivity contribution in [2.75, 3.05) is 36.0 Å². The highest BCUT2D eigenvalue weighted by Gasteiger charge is 2.34. The summed E-state index contributed by atoms with van der Waals surface area (Å²) < 4.78 is 39.1. The van der Waals surface area contributed by atoms with Gasteiger partial charge in [-0.25, -0.2) is 18.3 Å². The van der Waals surface area contributed by atoms with Crippen LogP contribution in [0.3, 0.4) is 0 Å². The summed E-state index contributed by atoms with van der Waals surface area (Å²) in [5.74, 6) is -3.97. The molecule has 3 amide bonds. The smallest absolute Gasteiger partial charge is 0.414 e. The molecule has 1 aliphatic carbocycles. The molecule has 1 fully saturated rings. The summed E-state index contributed by atoms with van der Waals surface area (Å²) in [6.45, 7) is 2.16. The fourth-order valence-corrected chi connectivity index (χ4v) is 5.37. The third-order valence-electron chi connectivity index (χ3n) is 7.19. The van der Waals surface area contributed by atoms with Gasteiger partial charge < -0.3 is 25.4 Å². The zero-order valence-corrected chi connectivity index (χ0v) is 22.1. The maximum atomic E-state index is 15.3. The maximum Gasteiger partial charge on any atom is 0.414 e.